The molecule has 3 rings (SSSR count). The van der Waals surface area contributed by atoms with Gasteiger partial charge in [0.15, 0.2) is 11.6 Å². The molecule has 0 atom stereocenters. The van der Waals surface area contributed by atoms with E-state index in [-0.39, 0.29) is 5.82 Å². The van der Waals surface area contributed by atoms with Crippen LogP contribution in [-0.4, -0.2) is 9.97 Å². The monoisotopic (exact) mass is 351 g/mol. The number of nitrogens with zero attached hydrogens (tertiary/aromatic N) is 2. The third kappa shape index (κ3) is 2.46. The van der Waals surface area contributed by atoms with Gasteiger partial charge in [0.1, 0.15) is 0 Å². The van der Waals surface area contributed by atoms with Crippen molar-refractivity contribution in [2.75, 3.05) is 5.32 Å². The van der Waals surface area contributed by atoms with Gasteiger partial charge in [-0.2, -0.15) is 0 Å². The lowest BCUT2D eigenvalue weighted by Gasteiger charge is -2.10. The van der Waals surface area contributed by atoms with Gasteiger partial charge in [0.05, 0.1) is 16.2 Å². The van der Waals surface area contributed by atoms with E-state index in [9.17, 15) is 4.39 Å². The van der Waals surface area contributed by atoms with Crippen LogP contribution in [0.25, 0.3) is 10.9 Å². The van der Waals surface area contributed by atoms with Crippen LogP contribution in [0.2, 0.25) is 5.02 Å². The first-order valence-electron chi connectivity index (χ1n) is 5.76. The third-order valence-electron chi connectivity index (χ3n) is 2.78. The van der Waals surface area contributed by atoms with Crippen LogP contribution >= 0.6 is 27.5 Å². The minimum absolute atomic E-state index is 0.141. The van der Waals surface area contributed by atoms with E-state index >= 15 is 0 Å². The van der Waals surface area contributed by atoms with Crippen LogP contribution in [0.4, 0.5) is 15.9 Å². The molecular formula is C14H8BrClFN3. The highest BCUT2D eigenvalue weighted by atomic mass is 79.9. The van der Waals surface area contributed by atoms with E-state index < -0.39 is 5.82 Å². The minimum Gasteiger partial charge on any atom is -0.336 e. The van der Waals surface area contributed by atoms with E-state index in [1.54, 1.807) is 24.4 Å². The average Bonchev–Trinajstić information content (AvgIpc) is 2.45. The molecule has 0 saturated heterocycles. The van der Waals surface area contributed by atoms with Gasteiger partial charge in [-0.05, 0) is 46.3 Å². The van der Waals surface area contributed by atoms with Crippen molar-refractivity contribution in [3.63, 3.8) is 0 Å². The molecule has 0 amide bonds. The van der Waals surface area contributed by atoms with Crippen molar-refractivity contribution in [2.45, 2.75) is 0 Å². The number of anilines is 2. The summed E-state index contributed by atoms with van der Waals surface area (Å²) >= 11 is 9.29. The SMILES string of the molecule is Fc1cc(Br)cnc1Nc1ccc(Cl)c2cccnc12. The van der Waals surface area contributed by atoms with Gasteiger partial charge in [-0.15, -0.1) is 0 Å². The Kier molecular flexibility index (Phi) is 3.54. The Morgan fingerprint density at radius 3 is 2.85 bits per heavy atom. The van der Waals surface area contributed by atoms with Crippen molar-refractivity contribution in [1.82, 2.24) is 9.97 Å². The summed E-state index contributed by atoms with van der Waals surface area (Å²) in [7, 11) is 0. The molecule has 100 valence electrons. The van der Waals surface area contributed by atoms with Crippen molar-refractivity contribution in [2.24, 2.45) is 0 Å². The fraction of sp³-hybridized carbons (Fsp3) is 0. The molecule has 0 saturated carbocycles. The lowest BCUT2D eigenvalue weighted by molar-refractivity contribution is 0.625. The topological polar surface area (TPSA) is 37.8 Å². The summed E-state index contributed by atoms with van der Waals surface area (Å²) in [6.45, 7) is 0. The van der Waals surface area contributed by atoms with Crippen LogP contribution in [0.15, 0.2) is 47.2 Å². The van der Waals surface area contributed by atoms with Crippen molar-refractivity contribution >= 4 is 49.9 Å². The molecule has 6 heteroatoms. The first-order chi connectivity index (χ1) is 9.65. The van der Waals surface area contributed by atoms with Gasteiger partial charge in [-0.1, -0.05) is 11.6 Å². The Labute approximate surface area is 127 Å². The molecule has 20 heavy (non-hydrogen) atoms. The smallest absolute Gasteiger partial charge is 0.166 e. The third-order valence-corrected chi connectivity index (χ3v) is 3.54. The highest BCUT2D eigenvalue weighted by Crippen LogP contribution is 2.30. The zero-order valence-electron chi connectivity index (χ0n) is 10.1. The van der Waals surface area contributed by atoms with Crippen LogP contribution in [0.3, 0.4) is 0 Å². The number of halogens is 3. The maximum absolute atomic E-state index is 13.8. The second-order valence-electron chi connectivity index (χ2n) is 4.10. The van der Waals surface area contributed by atoms with Gasteiger partial charge >= 0.3 is 0 Å². The Morgan fingerprint density at radius 2 is 2.05 bits per heavy atom. The van der Waals surface area contributed by atoms with E-state index in [0.29, 0.717) is 20.7 Å². The second kappa shape index (κ2) is 5.34. The van der Waals surface area contributed by atoms with E-state index in [1.807, 2.05) is 6.07 Å². The normalized spacial score (nSPS) is 10.8. The molecule has 0 spiro atoms. The Morgan fingerprint density at radius 1 is 1.20 bits per heavy atom. The summed E-state index contributed by atoms with van der Waals surface area (Å²) in [5, 5.41) is 4.34. The lowest BCUT2D eigenvalue weighted by atomic mass is 10.2. The second-order valence-corrected chi connectivity index (χ2v) is 5.43. The molecule has 0 aliphatic carbocycles. The number of hydrogen-bond donors (Lipinski definition) is 1. The van der Waals surface area contributed by atoms with Gasteiger partial charge in [0.2, 0.25) is 0 Å². The van der Waals surface area contributed by atoms with Crippen LogP contribution in [0, 0.1) is 5.82 Å². The molecule has 1 N–H and O–H groups in total. The highest BCUT2D eigenvalue weighted by Gasteiger charge is 2.09. The Balaban J connectivity index is 2.09. The molecule has 2 heterocycles. The number of benzene rings is 1. The molecule has 0 unspecified atom stereocenters. The molecule has 2 aromatic heterocycles. The highest BCUT2D eigenvalue weighted by molar-refractivity contribution is 9.10. The molecule has 0 bridgehead atoms. The van der Waals surface area contributed by atoms with Crippen molar-refractivity contribution < 1.29 is 4.39 Å². The zero-order valence-corrected chi connectivity index (χ0v) is 12.4. The van der Waals surface area contributed by atoms with E-state index in [2.05, 4.69) is 31.2 Å². The summed E-state index contributed by atoms with van der Waals surface area (Å²) in [5.74, 6) is -0.305. The number of pyridine rings is 2. The summed E-state index contributed by atoms with van der Waals surface area (Å²) in [6, 6.07) is 8.50. The quantitative estimate of drug-likeness (QED) is 0.711. The number of rotatable bonds is 2. The number of aromatic nitrogens is 2. The molecule has 0 aliphatic rings. The number of fused-ring (bicyclic) bond motifs is 1. The lowest BCUT2D eigenvalue weighted by Crippen LogP contribution is -1.98. The first-order valence-corrected chi connectivity index (χ1v) is 6.93. The van der Waals surface area contributed by atoms with Gasteiger partial charge in [-0.3, -0.25) is 4.98 Å². The van der Waals surface area contributed by atoms with Crippen LogP contribution < -0.4 is 5.32 Å². The maximum Gasteiger partial charge on any atom is 0.166 e. The zero-order chi connectivity index (χ0) is 14.1. The standard InChI is InChI=1S/C14H8BrClFN3/c15-8-6-11(17)14(19-7-8)20-12-4-3-10(16)9-2-1-5-18-13(9)12/h1-7H,(H,19,20). The van der Waals surface area contributed by atoms with Gasteiger partial charge in [-0.25, -0.2) is 9.37 Å². The molecular weight excluding hydrogens is 345 g/mol. The predicted octanol–water partition coefficient (Wildman–Crippen LogP) is 4.93. The maximum atomic E-state index is 13.8. The Hall–Kier alpha value is -1.72. The molecule has 3 nitrogen and oxygen atoms in total. The number of hydrogen-bond acceptors (Lipinski definition) is 3. The fourth-order valence-electron chi connectivity index (χ4n) is 1.87. The first kappa shape index (κ1) is 13.3. The minimum atomic E-state index is -0.446. The summed E-state index contributed by atoms with van der Waals surface area (Å²) < 4.78 is 14.4. The molecule has 3 aromatic rings. The van der Waals surface area contributed by atoms with E-state index in [1.165, 1.54) is 12.3 Å². The van der Waals surface area contributed by atoms with Gasteiger partial charge in [0, 0.05) is 22.3 Å². The molecule has 0 fully saturated rings. The van der Waals surface area contributed by atoms with Crippen LogP contribution in [0.1, 0.15) is 0 Å². The summed E-state index contributed by atoms with van der Waals surface area (Å²) in [6.07, 6.45) is 3.19. The molecule has 0 aliphatic heterocycles. The van der Waals surface area contributed by atoms with Crippen molar-refractivity contribution in [3.05, 3.63) is 58.0 Å². The van der Waals surface area contributed by atoms with Gasteiger partial charge in [0.25, 0.3) is 0 Å². The van der Waals surface area contributed by atoms with Gasteiger partial charge < -0.3 is 5.32 Å². The fourth-order valence-corrected chi connectivity index (χ4v) is 2.39. The van der Waals surface area contributed by atoms with E-state index in [4.69, 9.17) is 11.6 Å². The average molecular weight is 353 g/mol. The van der Waals surface area contributed by atoms with Crippen LogP contribution in [-0.2, 0) is 0 Å². The van der Waals surface area contributed by atoms with Crippen LogP contribution in [0.5, 0.6) is 0 Å². The summed E-state index contributed by atoms with van der Waals surface area (Å²) in [5.41, 5.74) is 1.32. The largest absolute Gasteiger partial charge is 0.336 e. The summed E-state index contributed by atoms with van der Waals surface area (Å²) in [4.78, 5) is 8.29. The Bertz CT molecular complexity index is 794. The predicted molar refractivity (Wildman–Crippen MR) is 81.9 cm³/mol. The van der Waals surface area contributed by atoms with Crippen molar-refractivity contribution in [3.8, 4) is 0 Å². The number of nitrogens with one attached hydrogen (secondary N) is 1. The van der Waals surface area contributed by atoms with Crippen molar-refractivity contribution in [1.29, 1.82) is 0 Å². The molecule has 1 aromatic carbocycles. The molecule has 0 radical (unpaired) electrons. The van der Waals surface area contributed by atoms with E-state index in [0.717, 1.165) is 5.39 Å².